The Morgan fingerprint density at radius 2 is 2.07 bits per heavy atom. The quantitative estimate of drug-likeness (QED) is 0.761. The molecular weight excluding hydrogens is 177 g/mol. The van der Waals surface area contributed by atoms with Crippen LogP contribution in [0.1, 0.15) is 25.3 Å². The third-order valence-corrected chi connectivity index (χ3v) is 2.62. The second-order valence-corrected chi connectivity index (χ2v) is 3.52. The summed E-state index contributed by atoms with van der Waals surface area (Å²) in [5.41, 5.74) is 0.821. The van der Waals surface area contributed by atoms with Gasteiger partial charge in [-0.2, -0.15) is 0 Å². The Balaban J connectivity index is 2.49. The number of aryl methyl sites for hydroxylation is 1. The fourth-order valence-corrected chi connectivity index (χ4v) is 1.58. The molecule has 0 saturated heterocycles. The van der Waals surface area contributed by atoms with Crippen molar-refractivity contribution < 1.29 is 4.39 Å². The fraction of sp³-hybridized carbons (Fsp3) is 0.500. The van der Waals surface area contributed by atoms with Gasteiger partial charge in [0.15, 0.2) is 0 Å². The first-order chi connectivity index (χ1) is 6.77. The Hall–Kier alpha value is -0.890. The highest BCUT2D eigenvalue weighted by Crippen LogP contribution is 2.10. The molecule has 1 unspecified atom stereocenters. The van der Waals surface area contributed by atoms with Crippen molar-refractivity contribution in [2.45, 2.75) is 32.2 Å². The summed E-state index contributed by atoms with van der Waals surface area (Å²) in [4.78, 5) is 0. The normalized spacial score (nSPS) is 12.8. The first kappa shape index (κ1) is 11.2. The lowest BCUT2D eigenvalue weighted by Gasteiger charge is -2.13. The van der Waals surface area contributed by atoms with Gasteiger partial charge in [-0.05, 0) is 37.9 Å². The summed E-state index contributed by atoms with van der Waals surface area (Å²) in [7, 11) is 1.95. The smallest absolute Gasteiger partial charge is 0.126 e. The lowest BCUT2D eigenvalue weighted by Crippen LogP contribution is -2.24. The molecule has 0 spiro atoms. The first-order valence-electron chi connectivity index (χ1n) is 5.18. The molecule has 0 aliphatic rings. The lowest BCUT2D eigenvalue weighted by molar-refractivity contribution is 0.501. The standard InChI is InChI=1S/C12H18FN/c1-3-11(14-2)9-8-10-6-4-5-7-12(10)13/h4-7,11,14H,3,8-9H2,1-2H3. The molecule has 0 fully saturated rings. The van der Waals surface area contributed by atoms with Crippen LogP contribution in [0.2, 0.25) is 0 Å². The molecule has 1 atom stereocenters. The Bertz CT molecular complexity index is 269. The second kappa shape index (κ2) is 5.76. The zero-order valence-electron chi connectivity index (χ0n) is 8.89. The average Bonchev–Trinajstić information content (AvgIpc) is 2.22. The molecule has 0 aliphatic heterocycles. The number of hydrogen-bond donors (Lipinski definition) is 1. The van der Waals surface area contributed by atoms with E-state index in [4.69, 9.17) is 0 Å². The van der Waals surface area contributed by atoms with Crippen molar-refractivity contribution in [2.75, 3.05) is 7.05 Å². The SMILES string of the molecule is CCC(CCc1ccccc1F)NC. The van der Waals surface area contributed by atoms with Crippen molar-refractivity contribution in [3.05, 3.63) is 35.6 Å². The number of rotatable bonds is 5. The van der Waals surface area contributed by atoms with E-state index in [9.17, 15) is 4.39 Å². The number of halogens is 1. The third-order valence-electron chi connectivity index (χ3n) is 2.62. The van der Waals surface area contributed by atoms with E-state index in [1.54, 1.807) is 6.07 Å². The van der Waals surface area contributed by atoms with Gasteiger partial charge in [0.05, 0.1) is 0 Å². The predicted molar refractivity (Wildman–Crippen MR) is 57.9 cm³/mol. The van der Waals surface area contributed by atoms with E-state index in [0.29, 0.717) is 6.04 Å². The van der Waals surface area contributed by atoms with Crippen molar-refractivity contribution in [2.24, 2.45) is 0 Å². The van der Waals surface area contributed by atoms with Crippen LogP contribution in [0.4, 0.5) is 4.39 Å². The topological polar surface area (TPSA) is 12.0 Å². The van der Waals surface area contributed by atoms with Crippen molar-refractivity contribution in [1.82, 2.24) is 5.32 Å². The largest absolute Gasteiger partial charge is 0.317 e. The highest BCUT2D eigenvalue weighted by Gasteiger charge is 2.05. The molecule has 2 heteroatoms. The molecule has 0 saturated carbocycles. The second-order valence-electron chi connectivity index (χ2n) is 3.52. The highest BCUT2D eigenvalue weighted by molar-refractivity contribution is 5.17. The van der Waals surface area contributed by atoms with Gasteiger partial charge >= 0.3 is 0 Å². The molecule has 0 aliphatic carbocycles. The summed E-state index contributed by atoms with van der Waals surface area (Å²) in [5, 5.41) is 3.22. The monoisotopic (exact) mass is 195 g/mol. The van der Waals surface area contributed by atoms with Crippen LogP contribution in [-0.2, 0) is 6.42 Å². The van der Waals surface area contributed by atoms with Crippen LogP contribution in [-0.4, -0.2) is 13.1 Å². The van der Waals surface area contributed by atoms with Crippen molar-refractivity contribution >= 4 is 0 Å². The molecule has 0 bridgehead atoms. The zero-order chi connectivity index (χ0) is 10.4. The number of nitrogens with one attached hydrogen (secondary N) is 1. The molecule has 0 amide bonds. The zero-order valence-corrected chi connectivity index (χ0v) is 8.89. The first-order valence-corrected chi connectivity index (χ1v) is 5.18. The lowest BCUT2D eigenvalue weighted by atomic mass is 10.0. The summed E-state index contributed by atoms with van der Waals surface area (Å²) in [5.74, 6) is -0.0848. The van der Waals surface area contributed by atoms with Gasteiger partial charge in [-0.15, -0.1) is 0 Å². The fourth-order valence-electron chi connectivity index (χ4n) is 1.58. The van der Waals surface area contributed by atoms with E-state index < -0.39 is 0 Å². The number of benzene rings is 1. The van der Waals surface area contributed by atoms with E-state index in [2.05, 4.69) is 12.2 Å². The van der Waals surface area contributed by atoms with E-state index in [1.165, 1.54) is 6.07 Å². The maximum absolute atomic E-state index is 13.2. The molecule has 1 aromatic carbocycles. The molecular formula is C12H18FN. The molecule has 1 N–H and O–H groups in total. The third kappa shape index (κ3) is 3.11. The maximum Gasteiger partial charge on any atom is 0.126 e. The minimum Gasteiger partial charge on any atom is -0.317 e. The summed E-state index contributed by atoms with van der Waals surface area (Å²) < 4.78 is 13.2. The Labute approximate surface area is 85.3 Å². The Kier molecular flexibility index (Phi) is 4.60. The predicted octanol–water partition coefficient (Wildman–Crippen LogP) is 2.76. The van der Waals surface area contributed by atoms with Crippen LogP contribution in [0, 0.1) is 5.82 Å². The van der Waals surface area contributed by atoms with Crippen LogP contribution in [0.15, 0.2) is 24.3 Å². The molecule has 0 aromatic heterocycles. The summed E-state index contributed by atoms with van der Waals surface area (Å²) in [6.07, 6.45) is 2.89. The van der Waals surface area contributed by atoms with Crippen molar-refractivity contribution in [1.29, 1.82) is 0 Å². The highest BCUT2D eigenvalue weighted by atomic mass is 19.1. The molecule has 0 heterocycles. The van der Waals surface area contributed by atoms with Gasteiger partial charge < -0.3 is 5.32 Å². The number of hydrogen-bond acceptors (Lipinski definition) is 1. The van der Waals surface area contributed by atoms with E-state index in [-0.39, 0.29) is 5.82 Å². The van der Waals surface area contributed by atoms with Crippen LogP contribution in [0.25, 0.3) is 0 Å². The van der Waals surface area contributed by atoms with Gasteiger partial charge in [-0.3, -0.25) is 0 Å². The van der Waals surface area contributed by atoms with Crippen LogP contribution >= 0.6 is 0 Å². The minimum absolute atomic E-state index is 0.0848. The van der Waals surface area contributed by atoms with Crippen molar-refractivity contribution in [3.8, 4) is 0 Å². The molecule has 14 heavy (non-hydrogen) atoms. The van der Waals surface area contributed by atoms with Gasteiger partial charge in [0, 0.05) is 6.04 Å². The van der Waals surface area contributed by atoms with Gasteiger partial charge in [-0.1, -0.05) is 25.1 Å². The summed E-state index contributed by atoms with van der Waals surface area (Å²) in [6, 6.07) is 7.50. The molecule has 1 nitrogen and oxygen atoms in total. The van der Waals surface area contributed by atoms with Crippen molar-refractivity contribution in [3.63, 3.8) is 0 Å². The molecule has 1 rings (SSSR count). The van der Waals surface area contributed by atoms with Gasteiger partial charge in [0.2, 0.25) is 0 Å². The van der Waals surface area contributed by atoms with E-state index >= 15 is 0 Å². The van der Waals surface area contributed by atoms with E-state index in [1.807, 2.05) is 19.2 Å². The molecule has 0 radical (unpaired) electrons. The summed E-state index contributed by atoms with van der Waals surface area (Å²) >= 11 is 0. The average molecular weight is 195 g/mol. The van der Waals surface area contributed by atoms with E-state index in [0.717, 1.165) is 24.8 Å². The minimum atomic E-state index is -0.0848. The van der Waals surface area contributed by atoms with Crippen LogP contribution in [0.3, 0.4) is 0 Å². The molecule has 78 valence electrons. The van der Waals surface area contributed by atoms with Gasteiger partial charge in [0.25, 0.3) is 0 Å². The maximum atomic E-state index is 13.2. The van der Waals surface area contributed by atoms with Crippen LogP contribution in [0.5, 0.6) is 0 Å². The Morgan fingerprint density at radius 1 is 1.36 bits per heavy atom. The Morgan fingerprint density at radius 3 is 2.64 bits per heavy atom. The molecule has 1 aromatic rings. The summed E-state index contributed by atoms with van der Waals surface area (Å²) in [6.45, 7) is 2.14. The van der Waals surface area contributed by atoms with Crippen LogP contribution < -0.4 is 5.32 Å². The van der Waals surface area contributed by atoms with Gasteiger partial charge in [0.1, 0.15) is 5.82 Å². The van der Waals surface area contributed by atoms with Gasteiger partial charge in [-0.25, -0.2) is 4.39 Å².